The Kier molecular flexibility index (Phi) is 10.5. The molecule has 0 aliphatic carbocycles. The molecular weight excluding hydrogens is 491 g/mol. The maximum atomic E-state index is 12.3. The van der Waals surface area contributed by atoms with Gasteiger partial charge in [-0.15, -0.1) is 24.0 Å². The lowest BCUT2D eigenvalue weighted by atomic mass is 9.99. The number of aromatic nitrogens is 1. The van der Waals surface area contributed by atoms with Gasteiger partial charge in [0.1, 0.15) is 0 Å². The molecule has 28 heavy (non-hydrogen) atoms. The van der Waals surface area contributed by atoms with Gasteiger partial charge in [0, 0.05) is 25.6 Å². The molecule has 1 heterocycles. The van der Waals surface area contributed by atoms with Crippen LogP contribution in [0.2, 0.25) is 0 Å². The van der Waals surface area contributed by atoms with Crippen LogP contribution in [0.15, 0.2) is 50.8 Å². The molecular formula is C19H29IN4O3S. The summed E-state index contributed by atoms with van der Waals surface area (Å²) in [5.41, 5.74) is 0.966. The maximum Gasteiger partial charge on any atom is 0.191 e. The van der Waals surface area contributed by atoms with E-state index in [2.05, 4.69) is 34.6 Å². The third-order valence-corrected chi connectivity index (χ3v) is 6.13. The molecule has 0 fully saturated rings. The predicted octanol–water partition coefficient (Wildman–Crippen LogP) is 3.34. The van der Waals surface area contributed by atoms with E-state index in [-0.39, 0.29) is 36.3 Å². The number of hydrogen-bond acceptors (Lipinski definition) is 5. The molecule has 0 atom stereocenters. The van der Waals surface area contributed by atoms with Crippen LogP contribution >= 0.6 is 24.0 Å². The summed E-state index contributed by atoms with van der Waals surface area (Å²) < 4.78 is 29.9. The Morgan fingerprint density at radius 2 is 1.86 bits per heavy atom. The van der Waals surface area contributed by atoms with Crippen molar-refractivity contribution in [2.24, 2.45) is 4.99 Å². The first kappa shape index (κ1) is 24.4. The van der Waals surface area contributed by atoms with Crippen molar-refractivity contribution in [2.45, 2.75) is 44.0 Å². The molecule has 2 rings (SSSR count). The minimum absolute atomic E-state index is 0. The van der Waals surface area contributed by atoms with E-state index in [1.807, 2.05) is 6.07 Å². The van der Waals surface area contributed by atoms with Crippen LogP contribution in [0.4, 0.5) is 0 Å². The van der Waals surface area contributed by atoms with E-state index in [1.54, 1.807) is 37.4 Å². The monoisotopic (exact) mass is 520 g/mol. The van der Waals surface area contributed by atoms with Crippen LogP contribution in [-0.4, -0.2) is 38.9 Å². The van der Waals surface area contributed by atoms with E-state index in [0.717, 1.165) is 24.3 Å². The average molecular weight is 520 g/mol. The molecule has 0 radical (unpaired) electrons. The van der Waals surface area contributed by atoms with Crippen molar-refractivity contribution < 1.29 is 12.9 Å². The third-order valence-electron chi connectivity index (χ3n) is 4.40. The van der Waals surface area contributed by atoms with Crippen LogP contribution < -0.4 is 10.6 Å². The summed E-state index contributed by atoms with van der Waals surface area (Å²) in [5.74, 6) is 1.62. The summed E-state index contributed by atoms with van der Waals surface area (Å²) in [7, 11) is -1.68. The summed E-state index contributed by atoms with van der Waals surface area (Å²) in [6.07, 6.45) is 2.05. The van der Waals surface area contributed by atoms with Crippen LogP contribution in [0.5, 0.6) is 0 Å². The fourth-order valence-corrected chi connectivity index (χ4v) is 3.93. The highest BCUT2D eigenvalue weighted by atomic mass is 127. The van der Waals surface area contributed by atoms with E-state index in [4.69, 9.17) is 4.52 Å². The molecule has 7 nitrogen and oxygen atoms in total. The summed E-state index contributed by atoms with van der Waals surface area (Å²) in [4.78, 5) is 4.43. The first-order valence-electron chi connectivity index (χ1n) is 9.18. The predicted molar refractivity (Wildman–Crippen MR) is 122 cm³/mol. The van der Waals surface area contributed by atoms with Gasteiger partial charge in [-0.2, -0.15) is 0 Å². The topological polar surface area (TPSA) is 96.6 Å². The van der Waals surface area contributed by atoms with E-state index in [1.165, 1.54) is 0 Å². The Bertz CT molecular complexity index is 834. The summed E-state index contributed by atoms with van der Waals surface area (Å²) in [6, 6.07) is 10.4. The number of guanidine groups is 1. The van der Waals surface area contributed by atoms with Crippen molar-refractivity contribution in [3.05, 3.63) is 47.9 Å². The van der Waals surface area contributed by atoms with E-state index in [9.17, 15) is 8.42 Å². The van der Waals surface area contributed by atoms with E-state index in [0.29, 0.717) is 23.3 Å². The highest BCUT2D eigenvalue weighted by Crippen LogP contribution is 2.22. The fraction of sp³-hybridized carbons (Fsp3) is 0.474. The molecule has 0 spiro atoms. The number of aliphatic imine (C=N–C) groups is 1. The largest absolute Gasteiger partial charge is 0.359 e. The molecule has 2 aromatic rings. The quantitative estimate of drug-likeness (QED) is 0.299. The minimum atomic E-state index is -3.32. The van der Waals surface area contributed by atoms with Gasteiger partial charge in [-0.25, -0.2) is 8.42 Å². The van der Waals surface area contributed by atoms with Crippen molar-refractivity contribution in [1.29, 1.82) is 0 Å². The number of rotatable bonds is 9. The number of nitrogens with zero attached hydrogens (tertiary/aromatic N) is 2. The molecule has 156 valence electrons. The summed E-state index contributed by atoms with van der Waals surface area (Å²) in [5, 5.41) is 10.3. The first-order valence-corrected chi connectivity index (χ1v) is 10.8. The standard InChI is InChI=1S/C19H28N4O3S.HI/c1-4-15(5-2)18-13-16(26-23-18)14-22-19(20-3)21-11-12-27(24,25)17-9-7-6-8-10-17;/h6-10,13,15H,4-5,11-12,14H2,1-3H3,(H2,20,21,22);1H. The van der Waals surface area contributed by atoms with Gasteiger partial charge >= 0.3 is 0 Å². The fourth-order valence-electron chi connectivity index (χ4n) is 2.75. The smallest absolute Gasteiger partial charge is 0.191 e. The summed E-state index contributed by atoms with van der Waals surface area (Å²) >= 11 is 0. The van der Waals surface area contributed by atoms with Crippen molar-refractivity contribution >= 4 is 39.8 Å². The van der Waals surface area contributed by atoms with Gasteiger partial charge in [0.25, 0.3) is 0 Å². The number of benzene rings is 1. The van der Waals surface area contributed by atoms with Gasteiger partial charge in [-0.05, 0) is 25.0 Å². The first-order chi connectivity index (χ1) is 13.0. The van der Waals surface area contributed by atoms with Gasteiger partial charge in [0.05, 0.1) is 22.9 Å². The normalized spacial score (nSPS) is 11.9. The third kappa shape index (κ3) is 7.08. The molecule has 9 heteroatoms. The van der Waals surface area contributed by atoms with Gasteiger partial charge < -0.3 is 15.2 Å². The SMILES string of the molecule is CCC(CC)c1cc(CNC(=NC)NCCS(=O)(=O)c2ccccc2)on1.I. The molecule has 0 bridgehead atoms. The molecule has 1 aromatic carbocycles. The Morgan fingerprint density at radius 3 is 2.46 bits per heavy atom. The molecule has 0 aliphatic heterocycles. The second kappa shape index (κ2) is 12.1. The van der Waals surface area contributed by atoms with Crippen LogP contribution in [0.1, 0.15) is 44.1 Å². The highest BCUT2D eigenvalue weighted by molar-refractivity contribution is 14.0. The Balaban J connectivity index is 0.00000392. The Hall–Kier alpha value is -1.62. The van der Waals surface area contributed by atoms with Crippen LogP contribution in [0.3, 0.4) is 0 Å². The lowest BCUT2D eigenvalue weighted by molar-refractivity contribution is 0.368. The lowest BCUT2D eigenvalue weighted by Gasteiger charge is -2.11. The molecule has 0 saturated carbocycles. The second-order valence-corrected chi connectivity index (χ2v) is 8.33. The Morgan fingerprint density at radius 1 is 1.18 bits per heavy atom. The van der Waals surface area contributed by atoms with Crippen LogP contribution in [0.25, 0.3) is 0 Å². The van der Waals surface area contributed by atoms with Gasteiger partial charge in [-0.1, -0.05) is 37.2 Å². The molecule has 0 unspecified atom stereocenters. The lowest BCUT2D eigenvalue weighted by Crippen LogP contribution is -2.39. The van der Waals surface area contributed by atoms with Gasteiger partial charge in [0.15, 0.2) is 21.6 Å². The van der Waals surface area contributed by atoms with Crippen molar-refractivity contribution in [2.75, 3.05) is 19.3 Å². The molecule has 0 aliphatic rings. The van der Waals surface area contributed by atoms with Crippen molar-refractivity contribution in [1.82, 2.24) is 15.8 Å². The highest BCUT2D eigenvalue weighted by Gasteiger charge is 2.15. The zero-order chi connectivity index (χ0) is 19.7. The minimum Gasteiger partial charge on any atom is -0.359 e. The number of sulfone groups is 1. The summed E-state index contributed by atoms with van der Waals surface area (Å²) in [6.45, 7) is 4.95. The molecule has 0 saturated heterocycles. The van der Waals surface area contributed by atoms with Crippen molar-refractivity contribution in [3.63, 3.8) is 0 Å². The molecule has 1 aromatic heterocycles. The number of nitrogens with one attached hydrogen (secondary N) is 2. The van der Waals surface area contributed by atoms with Crippen LogP contribution in [-0.2, 0) is 16.4 Å². The number of halogens is 1. The van der Waals surface area contributed by atoms with E-state index >= 15 is 0 Å². The maximum absolute atomic E-state index is 12.3. The van der Waals surface area contributed by atoms with E-state index < -0.39 is 9.84 Å². The van der Waals surface area contributed by atoms with Gasteiger partial charge in [-0.3, -0.25) is 4.99 Å². The van der Waals surface area contributed by atoms with Crippen LogP contribution in [0, 0.1) is 0 Å². The Labute approximate surface area is 184 Å². The number of hydrogen-bond donors (Lipinski definition) is 2. The van der Waals surface area contributed by atoms with Gasteiger partial charge in [0.2, 0.25) is 0 Å². The zero-order valence-electron chi connectivity index (χ0n) is 16.5. The molecule has 2 N–H and O–H groups in total. The average Bonchev–Trinajstić information content (AvgIpc) is 3.15. The zero-order valence-corrected chi connectivity index (χ0v) is 19.7. The second-order valence-electron chi connectivity index (χ2n) is 6.22. The molecule has 0 amide bonds. The van der Waals surface area contributed by atoms with Crippen molar-refractivity contribution in [3.8, 4) is 0 Å².